The molecule has 0 atom stereocenters. The van der Waals surface area contributed by atoms with Gasteiger partial charge in [-0.1, -0.05) is 17.7 Å². The van der Waals surface area contributed by atoms with Gasteiger partial charge in [-0.15, -0.1) is 6.58 Å². The number of hydrogen-bond donors (Lipinski definition) is 0. The highest BCUT2D eigenvalue weighted by Crippen LogP contribution is 2.30. The molecule has 1 aromatic rings. The van der Waals surface area contributed by atoms with Gasteiger partial charge in [0.15, 0.2) is 0 Å². The molecule has 1 rings (SSSR count). The molecule has 0 saturated carbocycles. The summed E-state index contributed by atoms with van der Waals surface area (Å²) in [6.07, 6.45) is 3.10. The first-order chi connectivity index (χ1) is 8.22. The molecule has 0 fully saturated rings. The summed E-state index contributed by atoms with van der Waals surface area (Å²) in [5.41, 5.74) is 1.39. The molecule has 0 aliphatic carbocycles. The molecule has 0 unspecified atom stereocenters. The van der Waals surface area contributed by atoms with Gasteiger partial charge in [0.25, 0.3) is 0 Å². The third kappa shape index (κ3) is 3.88. The van der Waals surface area contributed by atoms with E-state index in [-0.39, 0.29) is 0 Å². The van der Waals surface area contributed by atoms with Gasteiger partial charge in [0.2, 0.25) is 0 Å². The van der Waals surface area contributed by atoms with Crippen LogP contribution < -0.4 is 4.74 Å². The van der Waals surface area contributed by atoms with Crippen molar-refractivity contribution in [3.8, 4) is 5.75 Å². The van der Waals surface area contributed by atoms with Crippen molar-refractivity contribution in [3.63, 3.8) is 0 Å². The zero-order valence-corrected chi connectivity index (χ0v) is 10.5. The number of hydrogen-bond acceptors (Lipinski definition) is 3. The number of carbonyl (C=O) groups excluding carboxylic acids is 1. The smallest absolute Gasteiger partial charge is 0.150 e. The lowest BCUT2D eigenvalue weighted by Crippen LogP contribution is -2.06. The Morgan fingerprint density at radius 3 is 2.76 bits per heavy atom. The zero-order valence-electron chi connectivity index (χ0n) is 9.74. The molecule has 4 heteroatoms. The van der Waals surface area contributed by atoms with Crippen molar-refractivity contribution in [2.24, 2.45) is 0 Å². The Kier molecular flexibility index (Phi) is 5.73. The number of rotatable bonds is 7. The normalized spacial score (nSPS) is 10.0. The van der Waals surface area contributed by atoms with E-state index in [2.05, 4.69) is 6.58 Å². The first-order valence-corrected chi connectivity index (χ1v) is 5.61. The fraction of sp³-hybridized carbons (Fsp3) is 0.308. The van der Waals surface area contributed by atoms with Crippen molar-refractivity contribution >= 4 is 17.9 Å². The Balaban J connectivity index is 2.98. The van der Waals surface area contributed by atoms with Gasteiger partial charge in [-0.05, 0) is 18.6 Å². The fourth-order valence-corrected chi connectivity index (χ4v) is 1.74. The van der Waals surface area contributed by atoms with Gasteiger partial charge < -0.3 is 9.47 Å². The standard InChI is InChI=1S/C13H15ClO3/c1-3-4-11-7-10(9-15)8-12(14)13(11)17-6-5-16-2/h3,7-9H,1,4-6H2,2H3. The molecule has 0 radical (unpaired) electrons. The molecule has 3 nitrogen and oxygen atoms in total. The largest absolute Gasteiger partial charge is 0.489 e. The first kappa shape index (κ1) is 13.7. The number of aldehydes is 1. The van der Waals surface area contributed by atoms with Gasteiger partial charge in [-0.2, -0.15) is 0 Å². The van der Waals surface area contributed by atoms with Crippen molar-refractivity contribution in [3.05, 3.63) is 40.9 Å². The molecular weight excluding hydrogens is 240 g/mol. The Labute approximate surface area is 106 Å². The fourth-order valence-electron chi connectivity index (χ4n) is 1.44. The van der Waals surface area contributed by atoms with E-state index in [1.165, 1.54) is 0 Å². The number of methoxy groups -OCH3 is 1. The van der Waals surface area contributed by atoms with Crippen molar-refractivity contribution < 1.29 is 14.3 Å². The van der Waals surface area contributed by atoms with E-state index in [1.54, 1.807) is 25.3 Å². The third-order valence-electron chi connectivity index (χ3n) is 2.18. The average molecular weight is 255 g/mol. The predicted octanol–water partition coefficient (Wildman–Crippen LogP) is 2.91. The molecule has 0 aliphatic heterocycles. The minimum Gasteiger partial charge on any atom is -0.489 e. The number of carbonyl (C=O) groups is 1. The number of halogens is 1. The highest BCUT2D eigenvalue weighted by atomic mass is 35.5. The lowest BCUT2D eigenvalue weighted by atomic mass is 10.1. The lowest BCUT2D eigenvalue weighted by Gasteiger charge is -2.12. The lowest BCUT2D eigenvalue weighted by molar-refractivity contribution is 0.112. The van der Waals surface area contributed by atoms with Gasteiger partial charge in [0.1, 0.15) is 18.6 Å². The molecule has 0 aromatic heterocycles. The van der Waals surface area contributed by atoms with E-state index in [4.69, 9.17) is 21.1 Å². The Morgan fingerprint density at radius 1 is 1.41 bits per heavy atom. The summed E-state index contributed by atoms with van der Waals surface area (Å²) in [4.78, 5) is 10.7. The quantitative estimate of drug-likeness (QED) is 0.426. The van der Waals surface area contributed by atoms with Gasteiger partial charge >= 0.3 is 0 Å². The van der Waals surface area contributed by atoms with Crippen LogP contribution >= 0.6 is 11.6 Å². The van der Waals surface area contributed by atoms with E-state index < -0.39 is 0 Å². The molecule has 1 aromatic carbocycles. The van der Waals surface area contributed by atoms with Crippen molar-refractivity contribution in [1.82, 2.24) is 0 Å². The monoisotopic (exact) mass is 254 g/mol. The molecule has 0 N–H and O–H groups in total. The van der Waals surface area contributed by atoms with Crippen LogP contribution in [0.1, 0.15) is 15.9 Å². The summed E-state index contributed by atoms with van der Waals surface area (Å²) in [7, 11) is 1.60. The number of benzene rings is 1. The first-order valence-electron chi connectivity index (χ1n) is 5.23. The molecule has 0 heterocycles. The van der Waals surface area contributed by atoms with Crippen molar-refractivity contribution in [2.75, 3.05) is 20.3 Å². The van der Waals surface area contributed by atoms with Crippen LogP contribution in [0.5, 0.6) is 5.75 Å². The molecule has 17 heavy (non-hydrogen) atoms. The van der Waals surface area contributed by atoms with Crippen LogP contribution in [0.15, 0.2) is 24.8 Å². The van der Waals surface area contributed by atoms with E-state index in [9.17, 15) is 4.79 Å². The van der Waals surface area contributed by atoms with Crippen LogP contribution in [0.4, 0.5) is 0 Å². The minimum absolute atomic E-state index is 0.417. The third-order valence-corrected chi connectivity index (χ3v) is 2.46. The van der Waals surface area contributed by atoms with Crippen molar-refractivity contribution in [2.45, 2.75) is 6.42 Å². The maximum absolute atomic E-state index is 10.7. The summed E-state index contributed by atoms with van der Waals surface area (Å²) in [6, 6.07) is 3.34. The van der Waals surface area contributed by atoms with Gasteiger partial charge in [0.05, 0.1) is 11.6 Å². The minimum atomic E-state index is 0.417. The number of allylic oxidation sites excluding steroid dienone is 1. The van der Waals surface area contributed by atoms with Crippen LogP contribution in [0, 0.1) is 0 Å². The maximum Gasteiger partial charge on any atom is 0.150 e. The van der Waals surface area contributed by atoms with Gasteiger partial charge in [0, 0.05) is 18.2 Å². The summed E-state index contributed by atoms with van der Waals surface area (Å²) < 4.78 is 10.4. The molecule has 92 valence electrons. The Bertz CT molecular complexity index is 402. The van der Waals surface area contributed by atoms with Crippen molar-refractivity contribution in [1.29, 1.82) is 0 Å². The highest BCUT2D eigenvalue weighted by molar-refractivity contribution is 6.32. The summed E-state index contributed by atoms with van der Waals surface area (Å²) in [5, 5.41) is 0.433. The Morgan fingerprint density at radius 2 is 2.18 bits per heavy atom. The second-order valence-electron chi connectivity index (χ2n) is 3.44. The van der Waals surface area contributed by atoms with Crippen LogP contribution in [0.3, 0.4) is 0 Å². The highest BCUT2D eigenvalue weighted by Gasteiger charge is 2.10. The SMILES string of the molecule is C=CCc1cc(C=O)cc(Cl)c1OCCOC. The van der Waals surface area contributed by atoms with E-state index >= 15 is 0 Å². The van der Waals surface area contributed by atoms with E-state index in [1.807, 2.05) is 0 Å². The molecule has 0 bridgehead atoms. The topological polar surface area (TPSA) is 35.5 Å². The maximum atomic E-state index is 10.7. The zero-order chi connectivity index (χ0) is 12.7. The molecular formula is C13H15ClO3. The van der Waals surface area contributed by atoms with E-state index in [0.29, 0.717) is 36.0 Å². The second kappa shape index (κ2) is 7.09. The molecule has 0 saturated heterocycles. The molecule has 0 amide bonds. The molecule has 0 spiro atoms. The summed E-state index contributed by atoms with van der Waals surface area (Å²) >= 11 is 6.07. The van der Waals surface area contributed by atoms with Crippen LogP contribution in [0.2, 0.25) is 5.02 Å². The van der Waals surface area contributed by atoms with Crippen LogP contribution in [0.25, 0.3) is 0 Å². The van der Waals surface area contributed by atoms with Crippen LogP contribution in [-0.2, 0) is 11.2 Å². The number of ether oxygens (including phenoxy) is 2. The molecule has 0 aliphatic rings. The summed E-state index contributed by atoms with van der Waals surface area (Å²) in [5.74, 6) is 0.592. The second-order valence-corrected chi connectivity index (χ2v) is 3.85. The summed E-state index contributed by atoms with van der Waals surface area (Å²) in [6.45, 7) is 4.57. The average Bonchev–Trinajstić information content (AvgIpc) is 2.32. The van der Waals surface area contributed by atoms with Crippen LogP contribution in [-0.4, -0.2) is 26.6 Å². The Hall–Kier alpha value is -1.32. The van der Waals surface area contributed by atoms with Gasteiger partial charge in [-0.3, -0.25) is 4.79 Å². The van der Waals surface area contributed by atoms with E-state index in [0.717, 1.165) is 11.8 Å². The van der Waals surface area contributed by atoms with Gasteiger partial charge in [-0.25, -0.2) is 0 Å². The predicted molar refractivity (Wildman–Crippen MR) is 68.1 cm³/mol.